The van der Waals surface area contributed by atoms with Crippen LogP contribution in [0.5, 0.6) is 0 Å². The molecule has 4 heteroatoms. The van der Waals surface area contributed by atoms with Gasteiger partial charge in [-0.1, -0.05) is 39.3 Å². The molecule has 1 N–H and O–H groups in total. The number of nitrogens with zero attached hydrogens (tertiary/aromatic N) is 2. The summed E-state index contributed by atoms with van der Waals surface area (Å²) in [5.74, 6) is 2.47. The Morgan fingerprint density at radius 1 is 1.29 bits per heavy atom. The highest BCUT2D eigenvalue weighted by Crippen LogP contribution is 2.30. The van der Waals surface area contributed by atoms with E-state index in [2.05, 4.69) is 43.0 Å². The number of hydrogen-bond acceptors (Lipinski definition) is 3. The lowest BCUT2D eigenvalue weighted by molar-refractivity contribution is 0.308. The molecule has 1 aromatic rings. The lowest BCUT2D eigenvalue weighted by Gasteiger charge is -2.33. The van der Waals surface area contributed by atoms with Crippen LogP contribution in [0.4, 0.5) is 5.82 Å². The number of aromatic nitrogens is 2. The number of rotatable bonds is 2. The predicted molar refractivity (Wildman–Crippen MR) is 71.6 cm³/mol. The predicted octanol–water partition coefficient (Wildman–Crippen LogP) is 3.64. The zero-order valence-electron chi connectivity index (χ0n) is 10.9. The van der Waals surface area contributed by atoms with Gasteiger partial charge in [0.05, 0.1) is 0 Å². The molecule has 0 unspecified atom stereocenters. The summed E-state index contributed by atoms with van der Waals surface area (Å²) in [6.45, 7) is 8.54. The first-order chi connectivity index (χ1) is 7.84. The van der Waals surface area contributed by atoms with Crippen LogP contribution in [-0.4, -0.2) is 16.0 Å². The van der Waals surface area contributed by atoms with Crippen molar-refractivity contribution in [3.05, 3.63) is 17.0 Å². The fourth-order valence-corrected chi connectivity index (χ4v) is 2.24. The minimum atomic E-state index is -0.0752. The molecule has 3 nitrogen and oxygen atoms in total. The van der Waals surface area contributed by atoms with Crippen LogP contribution >= 0.6 is 11.6 Å². The molecule has 1 heterocycles. The molecule has 17 heavy (non-hydrogen) atoms. The summed E-state index contributed by atoms with van der Waals surface area (Å²) in [6.07, 6.45) is 2.43. The zero-order valence-corrected chi connectivity index (χ0v) is 11.7. The standard InChI is InChI=1S/C13H20ClN3/c1-8-5-9(6-8)15-11-7-10(14)16-12(17-11)13(2,3)4/h7-9H,5-6H2,1-4H3,(H,15,16,17). The average molecular weight is 254 g/mol. The van der Waals surface area contributed by atoms with Gasteiger partial charge in [-0.25, -0.2) is 9.97 Å². The molecule has 0 atom stereocenters. The summed E-state index contributed by atoms with van der Waals surface area (Å²) in [4.78, 5) is 8.83. The van der Waals surface area contributed by atoms with Gasteiger partial charge < -0.3 is 5.32 Å². The van der Waals surface area contributed by atoms with E-state index in [4.69, 9.17) is 11.6 Å². The van der Waals surface area contributed by atoms with Gasteiger partial charge >= 0.3 is 0 Å². The molecular formula is C13H20ClN3. The van der Waals surface area contributed by atoms with Crippen LogP contribution in [0.3, 0.4) is 0 Å². The Labute approximate surface area is 108 Å². The van der Waals surface area contributed by atoms with Gasteiger partial charge in [0.15, 0.2) is 0 Å². The van der Waals surface area contributed by atoms with Crippen LogP contribution in [-0.2, 0) is 5.41 Å². The second-order valence-electron chi connectivity index (χ2n) is 6.07. The molecule has 1 aromatic heterocycles. The molecule has 0 bridgehead atoms. The molecule has 1 fully saturated rings. The quantitative estimate of drug-likeness (QED) is 0.818. The van der Waals surface area contributed by atoms with Crippen molar-refractivity contribution >= 4 is 17.4 Å². The lowest BCUT2D eigenvalue weighted by atomic mass is 9.82. The maximum Gasteiger partial charge on any atom is 0.137 e. The Morgan fingerprint density at radius 2 is 1.94 bits per heavy atom. The molecular weight excluding hydrogens is 234 g/mol. The summed E-state index contributed by atoms with van der Waals surface area (Å²) in [5.41, 5.74) is -0.0752. The van der Waals surface area contributed by atoms with E-state index in [1.807, 2.05) is 0 Å². The molecule has 94 valence electrons. The average Bonchev–Trinajstić information content (AvgIpc) is 2.13. The van der Waals surface area contributed by atoms with E-state index < -0.39 is 0 Å². The van der Waals surface area contributed by atoms with Crippen molar-refractivity contribution in [3.8, 4) is 0 Å². The summed E-state index contributed by atoms with van der Waals surface area (Å²) in [6, 6.07) is 2.35. The van der Waals surface area contributed by atoms with Crippen LogP contribution in [0.1, 0.15) is 46.4 Å². The molecule has 0 spiro atoms. The smallest absolute Gasteiger partial charge is 0.137 e. The van der Waals surface area contributed by atoms with Crippen LogP contribution < -0.4 is 5.32 Å². The van der Waals surface area contributed by atoms with E-state index in [-0.39, 0.29) is 5.41 Å². The molecule has 1 saturated carbocycles. The number of hydrogen-bond donors (Lipinski definition) is 1. The Balaban J connectivity index is 2.14. The van der Waals surface area contributed by atoms with Crippen molar-refractivity contribution in [1.82, 2.24) is 9.97 Å². The molecule has 2 rings (SSSR count). The highest BCUT2D eigenvalue weighted by molar-refractivity contribution is 6.29. The molecule has 0 radical (unpaired) electrons. The van der Waals surface area contributed by atoms with Crippen molar-refractivity contribution in [2.75, 3.05) is 5.32 Å². The van der Waals surface area contributed by atoms with Crippen LogP contribution in [0.25, 0.3) is 0 Å². The minimum absolute atomic E-state index is 0.0752. The molecule has 0 aliphatic heterocycles. The van der Waals surface area contributed by atoms with E-state index in [0.29, 0.717) is 11.2 Å². The topological polar surface area (TPSA) is 37.8 Å². The van der Waals surface area contributed by atoms with Crippen LogP contribution in [0.15, 0.2) is 6.07 Å². The summed E-state index contributed by atoms with van der Waals surface area (Å²) in [5, 5.41) is 3.94. The largest absolute Gasteiger partial charge is 0.367 e. The van der Waals surface area contributed by atoms with E-state index in [0.717, 1.165) is 17.6 Å². The summed E-state index contributed by atoms with van der Waals surface area (Å²) < 4.78 is 0. The van der Waals surface area contributed by atoms with E-state index >= 15 is 0 Å². The number of nitrogens with one attached hydrogen (secondary N) is 1. The van der Waals surface area contributed by atoms with Crippen molar-refractivity contribution in [3.63, 3.8) is 0 Å². The van der Waals surface area contributed by atoms with Gasteiger partial charge in [0.25, 0.3) is 0 Å². The van der Waals surface area contributed by atoms with Gasteiger partial charge in [0, 0.05) is 17.5 Å². The molecule has 0 saturated heterocycles. The third-order valence-electron chi connectivity index (χ3n) is 3.09. The highest BCUT2D eigenvalue weighted by Gasteiger charge is 2.26. The Bertz CT molecular complexity index is 406. The Kier molecular flexibility index (Phi) is 3.30. The van der Waals surface area contributed by atoms with Crippen molar-refractivity contribution < 1.29 is 0 Å². The number of anilines is 1. The van der Waals surface area contributed by atoms with E-state index in [1.54, 1.807) is 6.07 Å². The SMILES string of the molecule is CC1CC(Nc2cc(Cl)nc(C(C)(C)C)n2)C1. The molecule has 0 amide bonds. The highest BCUT2D eigenvalue weighted by atomic mass is 35.5. The Hall–Kier alpha value is -0.830. The second-order valence-corrected chi connectivity index (χ2v) is 6.45. The third-order valence-corrected chi connectivity index (χ3v) is 3.29. The van der Waals surface area contributed by atoms with Crippen LogP contribution in [0, 0.1) is 5.92 Å². The number of halogens is 1. The van der Waals surface area contributed by atoms with Gasteiger partial charge in [-0.3, -0.25) is 0 Å². The molecule has 1 aliphatic rings. The monoisotopic (exact) mass is 253 g/mol. The zero-order chi connectivity index (χ0) is 12.6. The summed E-state index contributed by atoms with van der Waals surface area (Å²) >= 11 is 6.04. The fourth-order valence-electron chi connectivity index (χ4n) is 2.06. The first-order valence-electron chi connectivity index (χ1n) is 6.16. The molecule has 0 aromatic carbocycles. The van der Waals surface area contributed by atoms with E-state index in [1.165, 1.54) is 12.8 Å². The fraction of sp³-hybridized carbons (Fsp3) is 0.692. The van der Waals surface area contributed by atoms with Crippen LogP contribution in [0.2, 0.25) is 5.15 Å². The summed E-state index contributed by atoms with van der Waals surface area (Å²) in [7, 11) is 0. The van der Waals surface area contributed by atoms with Gasteiger partial charge in [-0.05, 0) is 18.8 Å². The van der Waals surface area contributed by atoms with Gasteiger partial charge in [0.2, 0.25) is 0 Å². The molecule has 1 aliphatic carbocycles. The maximum atomic E-state index is 6.04. The first-order valence-corrected chi connectivity index (χ1v) is 6.54. The van der Waals surface area contributed by atoms with Gasteiger partial charge in [-0.15, -0.1) is 0 Å². The normalized spacial score (nSPS) is 24.3. The van der Waals surface area contributed by atoms with Crippen molar-refractivity contribution in [1.29, 1.82) is 0 Å². The van der Waals surface area contributed by atoms with E-state index in [9.17, 15) is 0 Å². The van der Waals surface area contributed by atoms with Gasteiger partial charge in [0.1, 0.15) is 16.8 Å². The first kappa shape index (κ1) is 12.6. The van der Waals surface area contributed by atoms with Crippen molar-refractivity contribution in [2.45, 2.75) is 52.0 Å². The second kappa shape index (κ2) is 4.45. The van der Waals surface area contributed by atoms with Crippen molar-refractivity contribution in [2.24, 2.45) is 5.92 Å². The Morgan fingerprint density at radius 3 is 2.47 bits per heavy atom. The lowest BCUT2D eigenvalue weighted by Crippen LogP contribution is -2.34. The minimum Gasteiger partial charge on any atom is -0.367 e. The maximum absolute atomic E-state index is 6.04. The van der Waals surface area contributed by atoms with Gasteiger partial charge in [-0.2, -0.15) is 0 Å². The third kappa shape index (κ3) is 3.09.